The Morgan fingerprint density at radius 1 is 1.33 bits per heavy atom. The maximum atomic E-state index is 12.8. The second-order valence-corrected chi connectivity index (χ2v) is 6.56. The Bertz CT molecular complexity index is 522. The van der Waals surface area contributed by atoms with E-state index in [1.807, 2.05) is 39.8 Å². The molecule has 1 N–H and O–H groups in total. The molecular formula is C16H23N3O2. The van der Waals surface area contributed by atoms with E-state index in [2.05, 4.69) is 10.3 Å². The summed E-state index contributed by atoms with van der Waals surface area (Å²) >= 11 is 0. The lowest BCUT2D eigenvalue weighted by Crippen LogP contribution is -2.66. The molecule has 5 heteroatoms. The molecule has 2 amide bonds. The van der Waals surface area contributed by atoms with E-state index >= 15 is 0 Å². The van der Waals surface area contributed by atoms with Gasteiger partial charge in [-0.3, -0.25) is 14.6 Å². The minimum absolute atomic E-state index is 0.0159. The summed E-state index contributed by atoms with van der Waals surface area (Å²) in [5.41, 5.74) is 0.630. The number of nitrogens with zero attached hydrogens (tertiary/aromatic N) is 2. The third-order valence-corrected chi connectivity index (χ3v) is 3.82. The van der Waals surface area contributed by atoms with Gasteiger partial charge in [0.15, 0.2) is 0 Å². The van der Waals surface area contributed by atoms with Crippen LogP contribution < -0.4 is 5.32 Å². The van der Waals surface area contributed by atoms with Crippen LogP contribution in [0, 0.1) is 5.41 Å². The second-order valence-electron chi connectivity index (χ2n) is 6.56. The Morgan fingerprint density at radius 2 is 2.05 bits per heavy atom. The molecule has 1 aromatic heterocycles. The number of amides is 2. The SMILES string of the molecule is CCC1C(=O)NC(C(C)(C)C)C(=O)N1Cc1cccnc1. The highest BCUT2D eigenvalue weighted by atomic mass is 16.2. The zero-order valence-corrected chi connectivity index (χ0v) is 13.1. The number of carbonyl (C=O) groups excluding carboxylic acids is 2. The van der Waals surface area contributed by atoms with Crippen molar-refractivity contribution in [2.24, 2.45) is 5.41 Å². The quantitative estimate of drug-likeness (QED) is 0.922. The molecule has 0 aliphatic carbocycles. The predicted molar refractivity (Wildman–Crippen MR) is 80.3 cm³/mol. The van der Waals surface area contributed by atoms with Gasteiger partial charge in [0.2, 0.25) is 11.8 Å². The van der Waals surface area contributed by atoms with Crippen LogP contribution in [0.15, 0.2) is 24.5 Å². The van der Waals surface area contributed by atoms with Crippen LogP contribution in [0.25, 0.3) is 0 Å². The van der Waals surface area contributed by atoms with E-state index in [1.54, 1.807) is 17.3 Å². The van der Waals surface area contributed by atoms with Gasteiger partial charge >= 0.3 is 0 Å². The van der Waals surface area contributed by atoms with Crippen molar-refractivity contribution in [2.45, 2.75) is 52.7 Å². The van der Waals surface area contributed by atoms with Gasteiger partial charge in [0.25, 0.3) is 0 Å². The summed E-state index contributed by atoms with van der Waals surface area (Å²) in [7, 11) is 0. The maximum Gasteiger partial charge on any atom is 0.246 e. The zero-order chi connectivity index (χ0) is 15.6. The van der Waals surface area contributed by atoms with Crippen LogP contribution in [-0.4, -0.2) is 33.8 Å². The lowest BCUT2D eigenvalue weighted by Gasteiger charge is -2.43. The Balaban J connectivity index is 2.29. The van der Waals surface area contributed by atoms with Crippen LogP contribution in [0.3, 0.4) is 0 Å². The summed E-state index contributed by atoms with van der Waals surface area (Å²) in [6.07, 6.45) is 4.04. The van der Waals surface area contributed by atoms with Gasteiger partial charge in [-0.1, -0.05) is 33.8 Å². The van der Waals surface area contributed by atoms with Crippen molar-refractivity contribution in [2.75, 3.05) is 0 Å². The summed E-state index contributed by atoms with van der Waals surface area (Å²) < 4.78 is 0. The van der Waals surface area contributed by atoms with E-state index in [1.165, 1.54) is 0 Å². The molecule has 5 nitrogen and oxygen atoms in total. The Kier molecular flexibility index (Phi) is 4.30. The number of hydrogen-bond acceptors (Lipinski definition) is 3. The molecule has 1 saturated heterocycles. The fourth-order valence-corrected chi connectivity index (χ4v) is 2.63. The van der Waals surface area contributed by atoms with Gasteiger partial charge in [0.1, 0.15) is 12.1 Å². The summed E-state index contributed by atoms with van der Waals surface area (Å²) in [6, 6.07) is 2.87. The van der Waals surface area contributed by atoms with Crippen molar-refractivity contribution in [3.63, 3.8) is 0 Å². The molecule has 0 saturated carbocycles. The molecule has 0 aromatic carbocycles. The fraction of sp³-hybridized carbons (Fsp3) is 0.562. The van der Waals surface area contributed by atoms with Crippen molar-refractivity contribution >= 4 is 11.8 Å². The fourth-order valence-electron chi connectivity index (χ4n) is 2.63. The zero-order valence-electron chi connectivity index (χ0n) is 13.1. The highest BCUT2D eigenvalue weighted by Gasteiger charge is 2.44. The monoisotopic (exact) mass is 289 g/mol. The molecule has 0 radical (unpaired) electrons. The molecular weight excluding hydrogens is 266 g/mol. The number of pyridine rings is 1. The van der Waals surface area contributed by atoms with Crippen LogP contribution in [-0.2, 0) is 16.1 Å². The van der Waals surface area contributed by atoms with Crippen LogP contribution in [0.1, 0.15) is 39.7 Å². The third kappa shape index (κ3) is 3.23. The van der Waals surface area contributed by atoms with E-state index in [-0.39, 0.29) is 17.2 Å². The molecule has 0 spiro atoms. The van der Waals surface area contributed by atoms with Gasteiger partial charge in [-0.25, -0.2) is 0 Å². The Labute approximate surface area is 125 Å². The molecule has 2 heterocycles. The molecule has 2 atom stereocenters. The average Bonchev–Trinajstić information content (AvgIpc) is 2.42. The minimum Gasteiger partial charge on any atom is -0.342 e. The van der Waals surface area contributed by atoms with Crippen molar-refractivity contribution in [3.05, 3.63) is 30.1 Å². The van der Waals surface area contributed by atoms with Crippen LogP contribution >= 0.6 is 0 Å². The molecule has 1 aliphatic heterocycles. The van der Waals surface area contributed by atoms with Crippen molar-refractivity contribution in [1.82, 2.24) is 15.2 Å². The third-order valence-electron chi connectivity index (χ3n) is 3.82. The summed E-state index contributed by atoms with van der Waals surface area (Å²) in [5.74, 6) is -0.0845. The Hall–Kier alpha value is -1.91. The van der Waals surface area contributed by atoms with E-state index in [4.69, 9.17) is 0 Å². The number of aromatic nitrogens is 1. The minimum atomic E-state index is -0.482. The predicted octanol–water partition coefficient (Wildman–Crippen LogP) is 1.73. The van der Waals surface area contributed by atoms with E-state index in [9.17, 15) is 9.59 Å². The first-order valence-electron chi connectivity index (χ1n) is 7.34. The van der Waals surface area contributed by atoms with Crippen molar-refractivity contribution in [1.29, 1.82) is 0 Å². The van der Waals surface area contributed by atoms with Gasteiger partial charge in [-0.15, -0.1) is 0 Å². The summed E-state index contributed by atoms with van der Waals surface area (Å²) in [6.45, 7) is 8.23. The molecule has 2 rings (SSSR count). The maximum absolute atomic E-state index is 12.8. The van der Waals surface area contributed by atoms with Gasteiger partial charge in [0, 0.05) is 18.9 Å². The number of hydrogen-bond donors (Lipinski definition) is 1. The molecule has 2 unspecified atom stereocenters. The number of nitrogens with one attached hydrogen (secondary N) is 1. The first-order chi connectivity index (χ1) is 9.84. The molecule has 21 heavy (non-hydrogen) atoms. The second kappa shape index (κ2) is 5.84. The van der Waals surface area contributed by atoms with Gasteiger partial charge in [0.05, 0.1) is 0 Å². The number of piperazine rings is 1. The number of rotatable bonds is 3. The van der Waals surface area contributed by atoms with Gasteiger partial charge in [-0.2, -0.15) is 0 Å². The standard InChI is InChI=1S/C16H23N3O2/c1-5-12-14(20)18-13(16(2,3)4)15(21)19(12)10-11-7-6-8-17-9-11/h6-9,12-13H,5,10H2,1-4H3,(H,18,20). The summed E-state index contributed by atoms with van der Waals surface area (Å²) in [4.78, 5) is 30.9. The van der Waals surface area contributed by atoms with Gasteiger partial charge < -0.3 is 10.2 Å². The number of carbonyl (C=O) groups is 2. The van der Waals surface area contributed by atoms with E-state index in [0.717, 1.165) is 5.56 Å². The molecule has 1 aliphatic rings. The molecule has 1 aromatic rings. The lowest BCUT2D eigenvalue weighted by atomic mass is 9.83. The lowest BCUT2D eigenvalue weighted by molar-refractivity contribution is -0.153. The average molecular weight is 289 g/mol. The first-order valence-corrected chi connectivity index (χ1v) is 7.34. The van der Waals surface area contributed by atoms with Crippen LogP contribution in [0.2, 0.25) is 0 Å². The smallest absolute Gasteiger partial charge is 0.246 e. The van der Waals surface area contributed by atoms with Crippen molar-refractivity contribution < 1.29 is 9.59 Å². The van der Waals surface area contributed by atoms with Crippen molar-refractivity contribution in [3.8, 4) is 0 Å². The van der Waals surface area contributed by atoms with Crippen LogP contribution in [0.4, 0.5) is 0 Å². The normalized spacial score (nSPS) is 23.1. The van der Waals surface area contributed by atoms with Crippen LogP contribution in [0.5, 0.6) is 0 Å². The topological polar surface area (TPSA) is 62.3 Å². The van der Waals surface area contributed by atoms with E-state index < -0.39 is 12.1 Å². The molecule has 114 valence electrons. The molecule has 0 bridgehead atoms. The summed E-state index contributed by atoms with van der Waals surface area (Å²) in [5, 5.41) is 2.88. The van der Waals surface area contributed by atoms with E-state index in [0.29, 0.717) is 13.0 Å². The largest absolute Gasteiger partial charge is 0.342 e. The highest BCUT2D eigenvalue weighted by molar-refractivity contribution is 5.97. The van der Waals surface area contributed by atoms with Gasteiger partial charge in [-0.05, 0) is 23.5 Å². The Morgan fingerprint density at radius 3 is 2.57 bits per heavy atom. The highest BCUT2D eigenvalue weighted by Crippen LogP contribution is 2.27. The first kappa shape index (κ1) is 15.5. The molecule has 1 fully saturated rings.